The molecule has 7 nitrogen and oxygen atoms in total. The maximum atomic E-state index is 12.2. The van der Waals surface area contributed by atoms with Crippen LogP contribution in [0.3, 0.4) is 0 Å². The monoisotopic (exact) mass is 607 g/mol. The van der Waals surface area contributed by atoms with Gasteiger partial charge in [0, 0.05) is 40.8 Å². The van der Waals surface area contributed by atoms with Crippen molar-refractivity contribution < 1.29 is 16.8 Å². The van der Waals surface area contributed by atoms with Crippen LogP contribution in [0.5, 0.6) is 0 Å². The van der Waals surface area contributed by atoms with E-state index in [9.17, 15) is 16.8 Å². The number of para-hydroxylation sites is 2. The molecule has 0 aliphatic carbocycles. The van der Waals surface area contributed by atoms with E-state index in [2.05, 4.69) is 4.98 Å². The van der Waals surface area contributed by atoms with Gasteiger partial charge in [-0.1, -0.05) is 48.5 Å². The Labute approximate surface area is 251 Å². The maximum Gasteiger partial charge on any atom is 0.175 e. The number of pyridine rings is 1. The molecule has 2 aromatic heterocycles. The highest BCUT2D eigenvalue weighted by Crippen LogP contribution is 2.36. The molecule has 0 amide bonds. The van der Waals surface area contributed by atoms with Gasteiger partial charge in [0.2, 0.25) is 0 Å². The van der Waals surface area contributed by atoms with Gasteiger partial charge in [-0.05, 0) is 73.0 Å². The number of benzene rings is 4. The molecule has 4 aromatic carbocycles. The molecule has 1 unspecified atom stereocenters. The molecule has 1 atom stereocenters. The minimum Gasteiger partial charge on any atom is -0.256 e. The Hall–Kier alpha value is -4.47. The number of rotatable bonds is 7. The first-order valence-corrected chi connectivity index (χ1v) is 17.6. The van der Waals surface area contributed by atoms with Crippen LogP contribution in [0.15, 0.2) is 108 Å². The highest BCUT2D eigenvalue weighted by molar-refractivity contribution is 7.91. The van der Waals surface area contributed by atoms with Crippen LogP contribution in [0, 0.1) is 0 Å². The Morgan fingerprint density at radius 2 is 1.33 bits per heavy atom. The van der Waals surface area contributed by atoms with Gasteiger partial charge in [-0.25, -0.2) is 26.8 Å². The molecule has 0 spiro atoms. The number of fused-ring (bicyclic) bond motifs is 2. The maximum absolute atomic E-state index is 12.2. The lowest BCUT2D eigenvalue weighted by Gasteiger charge is -2.15. The molecule has 2 heterocycles. The van der Waals surface area contributed by atoms with Crippen LogP contribution in [0.1, 0.15) is 12.5 Å². The molecule has 6 aromatic rings. The Morgan fingerprint density at radius 1 is 0.674 bits per heavy atom. The molecular formula is C34H29N3O4S2. The lowest BCUT2D eigenvalue weighted by Crippen LogP contribution is -2.18. The van der Waals surface area contributed by atoms with Crippen molar-refractivity contribution >= 4 is 41.6 Å². The van der Waals surface area contributed by atoms with Crippen LogP contribution in [0.2, 0.25) is 0 Å². The molecule has 0 fully saturated rings. The van der Waals surface area contributed by atoms with Gasteiger partial charge in [0.15, 0.2) is 9.84 Å². The van der Waals surface area contributed by atoms with Crippen LogP contribution >= 0.6 is 0 Å². The zero-order valence-corrected chi connectivity index (χ0v) is 25.5. The van der Waals surface area contributed by atoms with Crippen LogP contribution in [-0.4, -0.2) is 49.5 Å². The van der Waals surface area contributed by atoms with Crippen molar-refractivity contribution in [2.45, 2.75) is 23.5 Å². The van der Waals surface area contributed by atoms with Gasteiger partial charge in [-0.2, -0.15) is 0 Å². The van der Waals surface area contributed by atoms with Crippen molar-refractivity contribution in [3.05, 3.63) is 109 Å². The Morgan fingerprint density at radius 3 is 1.98 bits per heavy atom. The van der Waals surface area contributed by atoms with Gasteiger partial charge < -0.3 is 0 Å². The lowest BCUT2D eigenvalue weighted by atomic mass is 9.94. The fraction of sp³-hybridized carbons (Fsp3) is 0.147. The second-order valence-electron chi connectivity index (χ2n) is 10.8. The standard InChI is InChI=1S/C34H29N3O4S2/c1-22(42(2,38)39)18-23-19-26-10-7-17-35-32(26)29(20-23)25-8-6-9-27(21-25)34-33(36-30-11-4-5-12-31(30)37-34)24-13-15-28(16-14-24)43(3,40)41/h4-17,19-22H,18H2,1-3H3. The smallest absolute Gasteiger partial charge is 0.175 e. The van der Waals surface area contributed by atoms with Crippen LogP contribution in [0.25, 0.3) is 55.6 Å². The highest BCUT2D eigenvalue weighted by Gasteiger charge is 2.19. The van der Waals surface area contributed by atoms with Gasteiger partial charge in [0.25, 0.3) is 0 Å². The quantitative estimate of drug-likeness (QED) is 0.202. The molecule has 6 rings (SSSR count). The minimum absolute atomic E-state index is 0.234. The van der Waals surface area contributed by atoms with E-state index < -0.39 is 24.9 Å². The Balaban J connectivity index is 1.52. The summed E-state index contributed by atoms with van der Waals surface area (Å²) in [7, 11) is -6.55. The summed E-state index contributed by atoms with van der Waals surface area (Å²) in [5.74, 6) is 0. The largest absolute Gasteiger partial charge is 0.256 e. The summed E-state index contributed by atoms with van der Waals surface area (Å²) in [5, 5.41) is 0.406. The van der Waals surface area contributed by atoms with E-state index in [0.717, 1.165) is 49.8 Å². The fourth-order valence-corrected chi connectivity index (χ4v) is 6.30. The van der Waals surface area contributed by atoms with Gasteiger partial charge in [-0.3, -0.25) is 4.98 Å². The zero-order chi connectivity index (χ0) is 30.4. The number of aromatic nitrogens is 3. The number of sulfone groups is 2. The SMILES string of the molecule is CC(Cc1cc(-c2cccc(-c3nc4ccccc4nc3-c3ccc(S(C)(=O)=O)cc3)c2)c2ncccc2c1)S(C)(=O)=O. The van der Waals surface area contributed by atoms with E-state index in [0.29, 0.717) is 17.8 Å². The summed E-state index contributed by atoms with van der Waals surface area (Å²) in [5.41, 5.74) is 7.86. The number of nitrogens with zero attached hydrogens (tertiary/aromatic N) is 3. The molecule has 0 aliphatic heterocycles. The zero-order valence-electron chi connectivity index (χ0n) is 23.9. The van der Waals surface area contributed by atoms with Crippen LogP contribution < -0.4 is 0 Å². The molecule has 0 aliphatic rings. The summed E-state index contributed by atoms with van der Waals surface area (Å²) in [6, 6.07) is 30.2. The topological polar surface area (TPSA) is 107 Å². The minimum atomic E-state index is -3.35. The summed E-state index contributed by atoms with van der Waals surface area (Å²) >= 11 is 0. The number of hydrogen-bond acceptors (Lipinski definition) is 7. The molecule has 0 saturated heterocycles. The van der Waals surface area contributed by atoms with Crippen molar-refractivity contribution in [3.63, 3.8) is 0 Å². The van der Waals surface area contributed by atoms with Crippen molar-refractivity contribution in [2.24, 2.45) is 0 Å². The second-order valence-corrected chi connectivity index (χ2v) is 15.3. The first-order chi connectivity index (χ1) is 20.5. The predicted molar refractivity (Wildman–Crippen MR) is 172 cm³/mol. The number of hydrogen-bond donors (Lipinski definition) is 0. The van der Waals surface area contributed by atoms with Gasteiger partial charge in [0.1, 0.15) is 9.84 Å². The third-order valence-electron chi connectivity index (χ3n) is 7.59. The molecule has 0 radical (unpaired) electrons. The average molecular weight is 608 g/mol. The van der Waals surface area contributed by atoms with E-state index in [-0.39, 0.29) is 4.90 Å². The summed E-state index contributed by atoms with van der Waals surface area (Å²) in [6.07, 6.45) is 4.59. The molecule has 0 saturated carbocycles. The fourth-order valence-electron chi connectivity index (χ4n) is 5.17. The van der Waals surface area contributed by atoms with E-state index in [4.69, 9.17) is 9.97 Å². The van der Waals surface area contributed by atoms with Crippen LogP contribution in [-0.2, 0) is 26.1 Å². The van der Waals surface area contributed by atoms with Crippen LogP contribution in [0.4, 0.5) is 0 Å². The lowest BCUT2D eigenvalue weighted by molar-refractivity contribution is 0.588. The Kier molecular flexibility index (Phi) is 7.31. The van der Waals surface area contributed by atoms with Crippen molar-refractivity contribution in [1.29, 1.82) is 0 Å². The average Bonchev–Trinajstić information content (AvgIpc) is 2.99. The third kappa shape index (κ3) is 5.91. The molecule has 0 N–H and O–H groups in total. The molecule has 43 heavy (non-hydrogen) atoms. The first-order valence-electron chi connectivity index (χ1n) is 13.7. The molecule has 216 valence electrons. The highest BCUT2D eigenvalue weighted by atomic mass is 32.2. The van der Waals surface area contributed by atoms with Gasteiger partial charge in [0.05, 0.1) is 38.1 Å². The van der Waals surface area contributed by atoms with E-state index in [1.54, 1.807) is 37.4 Å². The van der Waals surface area contributed by atoms with Gasteiger partial charge >= 0.3 is 0 Å². The van der Waals surface area contributed by atoms with Crippen molar-refractivity contribution in [1.82, 2.24) is 15.0 Å². The summed E-state index contributed by atoms with van der Waals surface area (Å²) in [6.45, 7) is 1.73. The first kappa shape index (κ1) is 28.6. The normalized spacial score (nSPS) is 12.9. The summed E-state index contributed by atoms with van der Waals surface area (Å²) < 4.78 is 48.6. The van der Waals surface area contributed by atoms with E-state index in [1.165, 1.54) is 12.5 Å². The molecule has 0 bridgehead atoms. The van der Waals surface area contributed by atoms with Gasteiger partial charge in [-0.15, -0.1) is 0 Å². The molecular weight excluding hydrogens is 579 g/mol. The van der Waals surface area contributed by atoms with Crippen molar-refractivity contribution in [3.8, 4) is 33.6 Å². The third-order valence-corrected chi connectivity index (χ3v) is 10.3. The van der Waals surface area contributed by atoms with E-state index >= 15 is 0 Å². The molecule has 9 heteroatoms. The van der Waals surface area contributed by atoms with E-state index in [1.807, 2.05) is 72.8 Å². The summed E-state index contributed by atoms with van der Waals surface area (Å²) in [4.78, 5) is 14.9. The predicted octanol–water partition coefficient (Wildman–Crippen LogP) is 6.56. The second kappa shape index (κ2) is 11.0. The Bertz CT molecular complexity index is 2230. The van der Waals surface area contributed by atoms with Crippen molar-refractivity contribution in [2.75, 3.05) is 12.5 Å².